The van der Waals surface area contributed by atoms with Gasteiger partial charge in [-0.1, -0.05) is 0 Å². The third kappa shape index (κ3) is 3.10. The molecule has 3 aromatic rings. The van der Waals surface area contributed by atoms with Crippen molar-refractivity contribution in [3.8, 4) is 10.6 Å². The molecule has 0 radical (unpaired) electrons. The van der Waals surface area contributed by atoms with Crippen LogP contribution in [0.5, 0.6) is 0 Å². The minimum atomic E-state index is -0.296. The second-order valence-electron chi connectivity index (χ2n) is 5.55. The van der Waals surface area contributed by atoms with E-state index in [4.69, 9.17) is 4.42 Å². The van der Waals surface area contributed by atoms with E-state index in [0.29, 0.717) is 15.6 Å². The van der Waals surface area contributed by atoms with E-state index in [0.717, 1.165) is 11.3 Å². The van der Waals surface area contributed by atoms with Crippen LogP contribution in [0.3, 0.4) is 0 Å². The Bertz CT molecular complexity index is 841. The minimum absolute atomic E-state index is 0.109. The lowest BCUT2D eigenvalue weighted by molar-refractivity contribution is 0.0730. The molecule has 1 unspecified atom stereocenters. The Morgan fingerprint density at radius 1 is 1.29 bits per heavy atom. The third-order valence-corrected chi connectivity index (χ3v) is 5.13. The predicted molar refractivity (Wildman–Crippen MR) is 91.5 cm³/mol. The van der Waals surface area contributed by atoms with Gasteiger partial charge in [0.1, 0.15) is 21.5 Å². The van der Waals surface area contributed by atoms with Crippen molar-refractivity contribution in [1.82, 2.24) is 9.88 Å². The average Bonchev–Trinajstić information content (AvgIpc) is 3.23. The number of hydrogen-bond donors (Lipinski definition) is 0. The molecule has 1 aromatic carbocycles. The Hall–Kier alpha value is -2.47. The molecule has 0 aliphatic carbocycles. The highest BCUT2D eigenvalue weighted by Gasteiger charge is 2.24. The second kappa shape index (κ2) is 6.57. The summed E-state index contributed by atoms with van der Waals surface area (Å²) in [6.07, 6.45) is 1.59. The van der Waals surface area contributed by atoms with Crippen LogP contribution in [0.4, 0.5) is 4.39 Å². The zero-order chi connectivity index (χ0) is 17.3. The minimum Gasteiger partial charge on any atom is -0.467 e. The fourth-order valence-electron chi connectivity index (χ4n) is 2.37. The lowest BCUT2D eigenvalue weighted by Crippen LogP contribution is -2.29. The first-order chi connectivity index (χ1) is 11.5. The maximum Gasteiger partial charge on any atom is 0.266 e. The quantitative estimate of drug-likeness (QED) is 0.690. The molecule has 0 N–H and O–H groups in total. The summed E-state index contributed by atoms with van der Waals surface area (Å²) in [7, 11) is 1.74. The van der Waals surface area contributed by atoms with Gasteiger partial charge in [-0.05, 0) is 50.2 Å². The average molecular weight is 344 g/mol. The van der Waals surface area contributed by atoms with Crippen molar-refractivity contribution in [2.75, 3.05) is 7.05 Å². The molecule has 0 spiro atoms. The first-order valence-corrected chi connectivity index (χ1v) is 8.33. The number of carbonyl (C=O) groups excluding carboxylic acids is 1. The topological polar surface area (TPSA) is 46.3 Å². The number of rotatable bonds is 4. The summed E-state index contributed by atoms with van der Waals surface area (Å²) >= 11 is 1.31. The maximum absolute atomic E-state index is 13.1. The number of halogens is 1. The molecule has 1 amide bonds. The molecule has 24 heavy (non-hydrogen) atoms. The lowest BCUT2D eigenvalue weighted by Gasteiger charge is -2.22. The summed E-state index contributed by atoms with van der Waals surface area (Å²) in [6.45, 7) is 3.72. The number of amides is 1. The molecule has 6 heteroatoms. The van der Waals surface area contributed by atoms with Gasteiger partial charge in [-0.2, -0.15) is 0 Å². The molecular formula is C18H17FN2O2S. The molecule has 0 aliphatic rings. The van der Waals surface area contributed by atoms with Gasteiger partial charge in [0.25, 0.3) is 5.91 Å². The Kier molecular flexibility index (Phi) is 4.49. The van der Waals surface area contributed by atoms with Crippen LogP contribution in [-0.4, -0.2) is 22.8 Å². The summed E-state index contributed by atoms with van der Waals surface area (Å²) in [5.41, 5.74) is 1.47. The first kappa shape index (κ1) is 16.4. The molecule has 4 nitrogen and oxygen atoms in total. The number of furan rings is 1. The molecule has 0 saturated carbocycles. The van der Waals surface area contributed by atoms with Crippen LogP contribution in [0, 0.1) is 12.7 Å². The summed E-state index contributed by atoms with van der Waals surface area (Å²) in [5.74, 6) is 0.323. The molecule has 3 rings (SSSR count). The van der Waals surface area contributed by atoms with Crippen LogP contribution in [0.15, 0.2) is 47.1 Å². The van der Waals surface area contributed by atoms with E-state index in [1.54, 1.807) is 36.4 Å². The van der Waals surface area contributed by atoms with Crippen LogP contribution in [0.1, 0.15) is 34.1 Å². The zero-order valence-electron chi connectivity index (χ0n) is 13.6. The SMILES string of the molecule is Cc1nc(-c2ccc(F)cc2)sc1C(=O)N(C)C(C)c1ccco1. The monoisotopic (exact) mass is 344 g/mol. The summed E-state index contributed by atoms with van der Waals surface area (Å²) < 4.78 is 18.4. The molecule has 0 aliphatic heterocycles. The highest BCUT2D eigenvalue weighted by atomic mass is 32.1. The number of benzene rings is 1. The highest BCUT2D eigenvalue weighted by molar-refractivity contribution is 7.17. The van der Waals surface area contributed by atoms with Crippen LogP contribution in [0.25, 0.3) is 10.6 Å². The molecule has 0 fully saturated rings. The van der Waals surface area contributed by atoms with Crippen LogP contribution < -0.4 is 0 Å². The van der Waals surface area contributed by atoms with E-state index in [-0.39, 0.29) is 17.8 Å². The van der Waals surface area contributed by atoms with Crippen molar-refractivity contribution in [3.63, 3.8) is 0 Å². The normalized spacial score (nSPS) is 12.2. The van der Waals surface area contributed by atoms with Gasteiger partial charge < -0.3 is 9.32 Å². The van der Waals surface area contributed by atoms with E-state index < -0.39 is 0 Å². The number of aromatic nitrogens is 1. The molecule has 2 aromatic heterocycles. The molecule has 1 atom stereocenters. The second-order valence-corrected chi connectivity index (χ2v) is 6.55. The number of thiazole rings is 1. The van der Waals surface area contributed by atoms with Crippen LogP contribution >= 0.6 is 11.3 Å². The van der Waals surface area contributed by atoms with Gasteiger partial charge in [-0.25, -0.2) is 9.37 Å². The molecule has 124 valence electrons. The third-order valence-electron chi connectivity index (χ3n) is 3.94. The Morgan fingerprint density at radius 2 is 2.00 bits per heavy atom. The van der Waals surface area contributed by atoms with Gasteiger partial charge in [0.2, 0.25) is 0 Å². The Balaban J connectivity index is 1.86. The van der Waals surface area contributed by atoms with E-state index in [1.165, 1.54) is 23.5 Å². The molecule has 0 bridgehead atoms. The van der Waals surface area contributed by atoms with Crippen LogP contribution in [-0.2, 0) is 0 Å². The summed E-state index contributed by atoms with van der Waals surface area (Å²) in [5, 5.41) is 0.704. The van der Waals surface area contributed by atoms with Gasteiger partial charge in [-0.15, -0.1) is 11.3 Å². The number of aryl methyl sites for hydroxylation is 1. The zero-order valence-corrected chi connectivity index (χ0v) is 14.4. The standard InChI is InChI=1S/C18H17FN2O2S/c1-11-16(18(22)21(3)12(2)15-5-4-10-23-15)24-17(20-11)13-6-8-14(19)9-7-13/h4-10,12H,1-3H3. The van der Waals surface area contributed by atoms with E-state index in [9.17, 15) is 9.18 Å². The Morgan fingerprint density at radius 3 is 2.62 bits per heavy atom. The van der Waals surface area contributed by atoms with Crippen molar-refractivity contribution in [3.05, 3.63) is 64.8 Å². The largest absolute Gasteiger partial charge is 0.467 e. The molecular weight excluding hydrogens is 327 g/mol. The fraction of sp³-hybridized carbons (Fsp3) is 0.222. The van der Waals surface area contributed by atoms with E-state index in [1.807, 2.05) is 19.9 Å². The number of hydrogen-bond acceptors (Lipinski definition) is 4. The van der Waals surface area contributed by atoms with Crippen LogP contribution in [0.2, 0.25) is 0 Å². The number of nitrogens with zero attached hydrogens (tertiary/aromatic N) is 2. The van der Waals surface area contributed by atoms with Gasteiger partial charge in [0.15, 0.2) is 0 Å². The van der Waals surface area contributed by atoms with Gasteiger partial charge in [0, 0.05) is 12.6 Å². The summed E-state index contributed by atoms with van der Waals surface area (Å²) in [4.78, 5) is 19.5. The maximum atomic E-state index is 13.1. The number of carbonyl (C=O) groups is 1. The van der Waals surface area contributed by atoms with Crippen molar-refractivity contribution < 1.29 is 13.6 Å². The van der Waals surface area contributed by atoms with Gasteiger partial charge in [0.05, 0.1) is 18.0 Å². The van der Waals surface area contributed by atoms with Crippen molar-refractivity contribution >= 4 is 17.2 Å². The predicted octanol–water partition coefficient (Wildman–Crippen LogP) is 4.68. The molecule has 0 saturated heterocycles. The first-order valence-electron chi connectivity index (χ1n) is 7.51. The summed E-state index contributed by atoms with van der Waals surface area (Å²) in [6, 6.07) is 9.57. The van der Waals surface area contributed by atoms with Crippen molar-refractivity contribution in [2.24, 2.45) is 0 Å². The molecule has 2 heterocycles. The fourth-order valence-corrected chi connectivity index (χ4v) is 3.42. The Labute approximate surface area is 143 Å². The van der Waals surface area contributed by atoms with Gasteiger partial charge in [-0.3, -0.25) is 4.79 Å². The van der Waals surface area contributed by atoms with Gasteiger partial charge >= 0.3 is 0 Å². The van der Waals surface area contributed by atoms with Crippen molar-refractivity contribution in [1.29, 1.82) is 0 Å². The van der Waals surface area contributed by atoms with E-state index >= 15 is 0 Å². The van der Waals surface area contributed by atoms with Crippen molar-refractivity contribution in [2.45, 2.75) is 19.9 Å². The smallest absolute Gasteiger partial charge is 0.266 e. The highest BCUT2D eigenvalue weighted by Crippen LogP contribution is 2.30. The lowest BCUT2D eigenvalue weighted by atomic mass is 10.2. The van der Waals surface area contributed by atoms with E-state index in [2.05, 4.69) is 4.98 Å².